The normalized spacial score (nSPS) is 10.9. The van der Waals surface area contributed by atoms with Crippen LogP contribution in [0.25, 0.3) is 0 Å². The molecule has 2 amide bonds. The van der Waals surface area contributed by atoms with Crippen molar-refractivity contribution >= 4 is 17.5 Å². The minimum absolute atomic E-state index is 0.0649. The van der Waals surface area contributed by atoms with Crippen molar-refractivity contribution in [2.45, 2.75) is 19.1 Å². The SMILES string of the molecule is COc1ccc(CC(=O)Nc2cccc(CNC(=O)C(F)(F)F)c2)cc1OC. The molecule has 2 N–H and O–H groups in total. The van der Waals surface area contributed by atoms with Gasteiger partial charge in [-0.1, -0.05) is 18.2 Å². The number of carbonyl (C=O) groups excluding carboxylic acids is 2. The summed E-state index contributed by atoms with van der Waals surface area (Å²) in [5.41, 5.74) is 1.52. The van der Waals surface area contributed by atoms with E-state index in [0.717, 1.165) is 0 Å². The number of hydrogen-bond acceptors (Lipinski definition) is 4. The van der Waals surface area contributed by atoms with E-state index in [2.05, 4.69) is 5.32 Å². The highest BCUT2D eigenvalue weighted by Crippen LogP contribution is 2.27. The summed E-state index contributed by atoms with van der Waals surface area (Å²) in [6.45, 7) is -0.308. The molecule has 0 aliphatic carbocycles. The molecule has 0 unspecified atom stereocenters. The number of ether oxygens (including phenoxy) is 2. The molecule has 0 saturated heterocycles. The van der Waals surface area contributed by atoms with Crippen LogP contribution in [0.1, 0.15) is 11.1 Å². The molecule has 0 fully saturated rings. The number of benzene rings is 2. The van der Waals surface area contributed by atoms with E-state index in [1.54, 1.807) is 41.7 Å². The largest absolute Gasteiger partial charge is 0.493 e. The first-order chi connectivity index (χ1) is 13.2. The van der Waals surface area contributed by atoms with Crippen LogP contribution < -0.4 is 20.1 Å². The first kappa shape index (κ1) is 21.1. The Bertz CT molecular complexity index is 853. The van der Waals surface area contributed by atoms with E-state index in [-0.39, 0.29) is 18.9 Å². The molecule has 0 saturated carbocycles. The molecule has 0 aromatic heterocycles. The molecule has 0 radical (unpaired) electrons. The van der Waals surface area contributed by atoms with Gasteiger partial charge in [0, 0.05) is 12.2 Å². The molecule has 0 aliphatic rings. The van der Waals surface area contributed by atoms with Gasteiger partial charge >= 0.3 is 12.1 Å². The third kappa shape index (κ3) is 5.90. The van der Waals surface area contributed by atoms with Crippen LogP contribution in [0.15, 0.2) is 42.5 Å². The quantitative estimate of drug-likeness (QED) is 0.754. The van der Waals surface area contributed by atoms with Gasteiger partial charge in [-0.15, -0.1) is 0 Å². The van der Waals surface area contributed by atoms with E-state index in [0.29, 0.717) is 28.3 Å². The number of alkyl halides is 3. The molecule has 28 heavy (non-hydrogen) atoms. The molecule has 150 valence electrons. The van der Waals surface area contributed by atoms with E-state index >= 15 is 0 Å². The molecule has 0 heterocycles. The van der Waals surface area contributed by atoms with Gasteiger partial charge in [-0.25, -0.2) is 0 Å². The first-order valence-corrected chi connectivity index (χ1v) is 8.17. The highest BCUT2D eigenvalue weighted by Gasteiger charge is 2.38. The number of amides is 2. The van der Waals surface area contributed by atoms with Crippen molar-refractivity contribution in [2.75, 3.05) is 19.5 Å². The van der Waals surface area contributed by atoms with E-state index in [9.17, 15) is 22.8 Å². The zero-order chi connectivity index (χ0) is 20.7. The minimum atomic E-state index is -4.94. The van der Waals surface area contributed by atoms with Gasteiger partial charge in [0.15, 0.2) is 11.5 Å². The highest BCUT2D eigenvalue weighted by molar-refractivity contribution is 5.92. The fraction of sp³-hybridized carbons (Fsp3) is 0.263. The lowest BCUT2D eigenvalue weighted by Crippen LogP contribution is -2.36. The molecule has 2 rings (SSSR count). The molecule has 0 bridgehead atoms. The summed E-state index contributed by atoms with van der Waals surface area (Å²) in [6.07, 6.45) is -4.87. The van der Waals surface area contributed by atoms with Crippen molar-refractivity contribution in [3.8, 4) is 11.5 Å². The Balaban J connectivity index is 1.98. The number of methoxy groups -OCH3 is 2. The number of carbonyl (C=O) groups is 2. The Morgan fingerprint density at radius 2 is 1.68 bits per heavy atom. The lowest BCUT2D eigenvalue weighted by Gasteiger charge is -2.11. The van der Waals surface area contributed by atoms with Crippen molar-refractivity contribution in [2.24, 2.45) is 0 Å². The molecule has 0 atom stereocenters. The maximum atomic E-state index is 12.2. The van der Waals surface area contributed by atoms with Crippen molar-refractivity contribution in [3.05, 3.63) is 53.6 Å². The van der Waals surface area contributed by atoms with Crippen LogP contribution in [0, 0.1) is 0 Å². The van der Waals surface area contributed by atoms with Gasteiger partial charge in [0.2, 0.25) is 5.91 Å². The van der Waals surface area contributed by atoms with Gasteiger partial charge in [0.1, 0.15) is 0 Å². The molecular weight excluding hydrogens is 377 g/mol. The topological polar surface area (TPSA) is 76.7 Å². The van der Waals surface area contributed by atoms with Crippen molar-refractivity contribution in [3.63, 3.8) is 0 Å². The monoisotopic (exact) mass is 396 g/mol. The standard InChI is InChI=1S/C19H19F3N2O4/c1-27-15-7-6-12(9-16(15)28-2)10-17(25)24-14-5-3-4-13(8-14)11-23-18(26)19(20,21)22/h3-9H,10-11H2,1-2H3,(H,23,26)(H,24,25). The van der Waals surface area contributed by atoms with Gasteiger partial charge in [0.05, 0.1) is 20.6 Å². The first-order valence-electron chi connectivity index (χ1n) is 8.17. The van der Waals surface area contributed by atoms with E-state index in [1.807, 2.05) is 0 Å². The number of anilines is 1. The molecule has 2 aromatic carbocycles. The van der Waals surface area contributed by atoms with Crippen LogP contribution in [0.5, 0.6) is 11.5 Å². The van der Waals surface area contributed by atoms with Crippen LogP contribution in [0.2, 0.25) is 0 Å². The molecular formula is C19H19F3N2O4. The third-order valence-corrected chi connectivity index (χ3v) is 3.73. The lowest BCUT2D eigenvalue weighted by molar-refractivity contribution is -0.173. The average Bonchev–Trinajstić information content (AvgIpc) is 2.65. The fourth-order valence-corrected chi connectivity index (χ4v) is 2.42. The van der Waals surface area contributed by atoms with Crippen molar-refractivity contribution < 1.29 is 32.2 Å². The fourth-order valence-electron chi connectivity index (χ4n) is 2.42. The minimum Gasteiger partial charge on any atom is -0.493 e. The highest BCUT2D eigenvalue weighted by atomic mass is 19.4. The Labute approximate surface area is 159 Å². The molecule has 2 aromatic rings. The Morgan fingerprint density at radius 3 is 2.32 bits per heavy atom. The van der Waals surface area contributed by atoms with Gasteiger partial charge in [0.25, 0.3) is 0 Å². The molecule has 0 aliphatic heterocycles. The van der Waals surface area contributed by atoms with Gasteiger partial charge in [-0.05, 0) is 35.4 Å². The van der Waals surface area contributed by atoms with Crippen LogP contribution in [-0.2, 0) is 22.6 Å². The maximum Gasteiger partial charge on any atom is 0.471 e. The van der Waals surface area contributed by atoms with Crippen LogP contribution >= 0.6 is 0 Å². The summed E-state index contributed by atoms with van der Waals surface area (Å²) >= 11 is 0. The van der Waals surface area contributed by atoms with Crippen LogP contribution in [0.3, 0.4) is 0 Å². The second-order valence-corrected chi connectivity index (χ2v) is 5.80. The predicted octanol–water partition coefficient (Wildman–Crippen LogP) is 3.06. The zero-order valence-electron chi connectivity index (χ0n) is 15.2. The van der Waals surface area contributed by atoms with E-state index in [1.165, 1.54) is 20.3 Å². The number of hydrogen-bond donors (Lipinski definition) is 2. The average molecular weight is 396 g/mol. The second-order valence-electron chi connectivity index (χ2n) is 5.80. The molecule has 6 nitrogen and oxygen atoms in total. The molecule has 0 spiro atoms. The number of halogens is 3. The van der Waals surface area contributed by atoms with Gasteiger partial charge in [-0.2, -0.15) is 13.2 Å². The smallest absolute Gasteiger partial charge is 0.471 e. The van der Waals surface area contributed by atoms with E-state index in [4.69, 9.17) is 9.47 Å². The second kappa shape index (κ2) is 9.12. The summed E-state index contributed by atoms with van der Waals surface area (Å²) in [5.74, 6) is -1.30. The summed E-state index contributed by atoms with van der Waals surface area (Å²) < 4.78 is 47.0. The summed E-state index contributed by atoms with van der Waals surface area (Å²) in [4.78, 5) is 23.1. The summed E-state index contributed by atoms with van der Waals surface area (Å²) in [7, 11) is 3.00. The van der Waals surface area contributed by atoms with Crippen LogP contribution in [0.4, 0.5) is 18.9 Å². The van der Waals surface area contributed by atoms with Gasteiger partial charge < -0.3 is 20.1 Å². The van der Waals surface area contributed by atoms with Crippen molar-refractivity contribution in [1.82, 2.24) is 5.32 Å². The van der Waals surface area contributed by atoms with Gasteiger partial charge in [-0.3, -0.25) is 9.59 Å². The zero-order valence-corrected chi connectivity index (χ0v) is 15.2. The summed E-state index contributed by atoms with van der Waals surface area (Å²) in [5, 5.41) is 4.45. The number of rotatable bonds is 7. The maximum absolute atomic E-state index is 12.2. The van der Waals surface area contributed by atoms with E-state index < -0.39 is 12.1 Å². The Morgan fingerprint density at radius 1 is 0.964 bits per heavy atom. The third-order valence-electron chi connectivity index (χ3n) is 3.73. The Hall–Kier alpha value is -3.23. The predicted molar refractivity (Wildman–Crippen MR) is 96.2 cm³/mol. The number of nitrogens with one attached hydrogen (secondary N) is 2. The van der Waals surface area contributed by atoms with Crippen molar-refractivity contribution in [1.29, 1.82) is 0 Å². The molecule has 9 heteroatoms. The lowest BCUT2D eigenvalue weighted by atomic mass is 10.1. The van der Waals surface area contributed by atoms with Crippen LogP contribution in [-0.4, -0.2) is 32.2 Å². The Kier molecular flexibility index (Phi) is 6.86. The summed E-state index contributed by atoms with van der Waals surface area (Å²) in [6, 6.07) is 11.3.